The molecule has 9 heavy (non-hydrogen) atoms. The van der Waals surface area contributed by atoms with Gasteiger partial charge in [0.15, 0.2) is 0 Å². The molecule has 1 aromatic heterocycles. The molecule has 0 spiro atoms. The minimum absolute atomic E-state index is 0.287. The Morgan fingerprint density at radius 2 is 2.67 bits per heavy atom. The van der Waals surface area contributed by atoms with E-state index in [-0.39, 0.29) is 6.23 Å². The summed E-state index contributed by atoms with van der Waals surface area (Å²) in [6, 6.07) is 0. The van der Waals surface area contributed by atoms with Gasteiger partial charge < -0.3 is 9.72 Å². The largest absolute Gasteiger partial charge is 0.459 e. The molecule has 1 rings (SSSR count). The number of hydrogen-bond acceptors (Lipinski definition) is 3. The number of rotatable bonds is 2. The van der Waals surface area contributed by atoms with Crippen LogP contribution in [0.15, 0.2) is 12.5 Å². The maximum Gasteiger partial charge on any atom is 0.212 e. The maximum atomic E-state index is 5.31. The number of H-pyrrole nitrogens is 1. The van der Waals surface area contributed by atoms with E-state index in [1.54, 1.807) is 13.1 Å². The van der Waals surface area contributed by atoms with Gasteiger partial charge in [-0.25, -0.2) is 4.98 Å². The monoisotopic (exact) mass is 127 g/mol. The standard InChI is InChI=1S/C5H9N3O/c1-4(6)9-5-2-7-3-8-5/h2-4H,6H2,1H3,(H,7,8). The first-order valence-corrected chi connectivity index (χ1v) is 2.69. The van der Waals surface area contributed by atoms with Crippen LogP contribution >= 0.6 is 0 Å². The number of aromatic nitrogens is 2. The van der Waals surface area contributed by atoms with Crippen LogP contribution < -0.4 is 10.5 Å². The molecule has 0 radical (unpaired) electrons. The summed E-state index contributed by atoms with van der Waals surface area (Å²) in [5.41, 5.74) is 5.31. The van der Waals surface area contributed by atoms with Gasteiger partial charge in [-0.1, -0.05) is 0 Å². The molecule has 0 aliphatic carbocycles. The van der Waals surface area contributed by atoms with Crippen LogP contribution in [0.4, 0.5) is 0 Å². The highest BCUT2D eigenvalue weighted by Crippen LogP contribution is 2.01. The van der Waals surface area contributed by atoms with Crippen LogP contribution in [-0.4, -0.2) is 16.2 Å². The van der Waals surface area contributed by atoms with Crippen molar-refractivity contribution in [3.05, 3.63) is 12.5 Å². The molecule has 0 saturated carbocycles. The molecule has 1 atom stereocenters. The van der Waals surface area contributed by atoms with Gasteiger partial charge in [0.1, 0.15) is 6.23 Å². The smallest absolute Gasteiger partial charge is 0.212 e. The zero-order chi connectivity index (χ0) is 6.69. The molecular formula is C5H9N3O. The van der Waals surface area contributed by atoms with Crippen molar-refractivity contribution in [1.82, 2.24) is 9.97 Å². The van der Waals surface area contributed by atoms with Crippen molar-refractivity contribution in [2.24, 2.45) is 5.73 Å². The van der Waals surface area contributed by atoms with E-state index in [0.29, 0.717) is 5.88 Å². The summed E-state index contributed by atoms with van der Waals surface area (Å²) >= 11 is 0. The lowest BCUT2D eigenvalue weighted by molar-refractivity contribution is 0.222. The van der Waals surface area contributed by atoms with Gasteiger partial charge in [-0.15, -0.1) is 0 Å². The third kappa shape index (κ3) is 1.73. The number of nitrogens with zero attached hydrogens (tertiary/aromatic N) is 1. The van der Waals surface area contributed by atoms with E-state index in [1.165, 1.54) is 6.33 Å². The van der Waals surface area contributed by atoms with Gasteiger partial charge in [0.25, 0.3) is 0 Å². The maximum absolute atomic E-state index is 5.31. The lowest BCUT2D eigenvalue weighted by Gasteiger charge is -2.04. The SMILES string of the molecule is CC(N)Oc1cnc[nH]1. The second kappa shape index (κ2) is 2.50. The van der Waals surface area contributed by atoms with Crippen molar-refractivity contribution in [2.75, 3.05) is 0 Å². The van der Waals surface area contributed by atoms with Crippen molar-refractivity contribution < 1.29 is 4.74 Å². The predicted molar refractivity (Wildman–Crippen MR) is 32.9 cm³/mol. The summed E-state index contributed by atoms with van der Waals surface area (Å²) in [5, 5.41) is 0. The highest BCUT2D eigenvalue weighted by atomic mass is 16.5. The first kappa shape index (κ1) is 6.10. The lowest BCUT2D eigenvalue weighted by Crippen LogP contribution is -2.22. The molecule has 0 aliphatic heterocycles. The van der Waals surface area contributed by atoms with Crippen molar-refractivity contribution in [2.45, 2.75) is 13.2 Å². The third-order valence-electron chi connectivity index (χ3n) is 0.786. The first-order chi connectivity index (χ1) is 4.29. The molecule has 1 unspecified atom stereocenters. The Morgan fingerprint density at radius 3 is 3.11 bits per heavy atom. The summed E-state index contributed by atoms with van der Waals surface area (Å²) in [7, 11) is 0. The summed E-state index contributed by atoms with van der Waals surface area (Å²) in [6.07, 6.45) is 2.83. The average Bonchev–Trinajstić information content (AvgIpc) is 2.15. The highest BCUT2D eigenvalue weighted by Gasteiger charge is 1.95. The van der Waals surface area contributed by atoms with Crippen molar-refractivity contribution in [1.29, 1.82) is 0 Å². The van der Waals surface area contributed by atoms with Crippen LogP contribution in [0.25, 0.3) is 0 Å². The Kier molecular flexibility index (Phi) is 1.69. The minimum Gasteiger partial charge on any atom is -0.459 e. The van der Waals surface area contributed by atoms with E-state index in [4.69, 9.17) is 10.5 Å². The van der Waals surface area contributed by atoms with E-state index in [1.807, 2.05) is 0 Å². The van der Waals surface area contributed by atoms with Gasteiger partial charge in [-0.3, -0.25) is 5.73 Å². The molecular weight excluding hydrogens is 118 g/mol. The highest BCUT2D eigenvalue weighted by molar-refractivity contribution is 5.01. The van der Waals surface area contributed by atoms with Crippen LogP contribution in [-0.2, 0) is 0 Å². The number of aromatic amines is 1. The second-order valence-corrected chi connectivity index (χ2v) is 1.74. The number of hydrogen-bond donors (Lipinski definition) is 2. The average molecular weight is 127 g/mol. The molecule has 0 aromatic carbocycles. The predicted octanol–water partition coefficient (Wildman–Crippen LogP) is 0.0932. The van der Waals surface area contributed by atoms with Gasteiger partial charge in [-0.2, -0.15) is 0 Å². The molecule has 1 aromatic rings. The van der Waals surface area contributed by atoms with Crippen LogP contribution in [0.3, 0.4) is 0 Å². The Morgan fingerprint density at radius 1 is 1.89 bits per heavy atom. The normalized spacial score (nSPS) is 13.1. The summed E-state index contributed by atoms with van der Waals surface area (Å²) in [6.45, 7) is 1.75. The first-order valence-electron chi connectivity index (χ1n) is 2.69. The molecule has 0 saturated heterocycles. The van der Waals surface area contributed by atoms with Crippen molar-refractivity contribution in [3.8, 4) is 5.88 Å². The summed E-state index contributed by atoms with van der Waals surface area (Å²) in [5.74, 6) is 0.602. The molecule has 3 N–H and O–H groups in total. The summed E-state index contributed by atoms with van der Waals surface area (Å²) in [4.78, 5) is 6.49. The number of ether oxygens (including phenoxy) is 1. The Balaban J connectivity index is 2.48. The number of nitrogens with two attached hydrogens (primary N) is 1. The van der Waals surface area contributed by atoms with Gasteiger partial charge in [0, 0.05) is 0 Å². The molecule has 4 nitrogen and oxygen atoms in total. The molecule has 0 amide bonds. The van der Waals surface area contributed by atoms with E-state index in [2.05, 4.69) is 9.97 Å². The van der Waals surface area contributed by atoms with Crippen LogP contribution in [0.1, 0.15) is 6.92 Å². The van der Waals surface area contributed by atoms with Crippen molar-refractivity contribution in [3.63, 3.8) is 0 Å². The molecule has 0 fully saturated rings. The molecule has 1 heterocycles. The van der Waals surface area contributed by atoms with E-state index >= 15 is 0 Å². The third-order valence-corrected chi connectivity index (χ3v) is 0.786. The molecule has 4 heteroatoms. The van der Waals surface area contributed by atoms with E-state index in [9.17, 15) is 0 Å². The zero-order valence-electron chi connectivity index (χ0n) is 5.16. The number of imidazole rings is 1. The van der Waals surface area contributed by atoms with Gasteiger partial charge >= 0.3 is 0 Å². The molecule has 0 aliphatic rings. The lowest BCUT2D eigenvalue weighted by atomic mass is 10.7. The Hall–Kier alpha value is -1.03. The van der Waals surface area contributed by atoms with Gasteiger partial charge in [0.2, 0.25) is 5.88 Å². The fourth-order valence-electron chi connectivity index (χ4n) is 0.508. The van der Waals surface area contributed by atoms with Crippen LogP contribution in [0.5, 0.6) is 5.88 Å². The van der Waals surface area contributed by atoms with Gasteiger partial charge in [-0.05, 0) is 6.92 Å². The quantitative estimate of drug-likeness (QED) is 0.553. The van der Waals surface area contributed by atoms with E-state index < -0.39 is 0 Å². The molecule has 50 valence electrons. The Labute approximate surface area is 53.0 Å². The van der Waals surface area contributed by atoms with Gasteiger partial charge in [0.05, 0.1) is 12.5 Å². The molecule has 0 bridgehead atoms. The Bertz CT molecular complexity index is 159. The van der Waals surface area contributed by atoms with Crippen LogP contribution in [0, 0.1) is 0 Å². The zero-order valence-corrected chi connectivity index (χ0v) is 5.16. The van der Waals surface area contributed by atoms with E-state index in [0.717, 1.165) is 0 Å². The number of nitrogens with one attached hydrogen (secondary N) is 1. The second-order valence-electron chi connectivity index (χ2n) is 1.74. The van der Waals surface area contributed by atoms with Crippen molar-refractivity contribution >= 4 is 0 Å². The minimum atomic E-state index is -0.287. The summed E-state index contributed by atoms with van der Waals surface area (Å²) < 4.78 is 5.01. The fraction of sp³-hybridized carbons (Fsp3) is 0.400. The fourth-order valence-corrected chi connectivity index (χ4v) is 0.508. The topological polar surface area (TPSA) is 63.9 Å². The van der Waals surface area contributed by atoms with Crippen LogP contribution in [0.2, 0.25) is 0 Å².